The fourth-order valence-electron chi connectivity index (χ4n) is 6.68. The van der Waals surface area contributed by atoms with Crippen molar-refractivity contribution in [2.75, 3.05) is 19.6 Å². The lowest BCUT2D eigenvalue weighted by atomic mass is 9.84. The lowest BCUT2D eigenvalue weighted by Crippen LogP contribution is -2.43. The van der Waals surface area contributed by atoms with Gasteiger partial charge in [0.05, 0.1) is 6.10 Å². The molecule has 2 fully saturated rings. The Balaban J connectivity index is 1.09. The molecule has 0 amide bonds. The molecule has 6 rings (SSSR count). The van der Waals surface area contributed by atoms with Crippen LogP contribution in [-0.4, -0.2) is 50.8 Å². The molecule has 3 aromatic rings. The molecule has 0 spiro atoms. The Morgan fingerprint density at radius 1 is 1.12 bits per heavy atom. The maximum Gasteiger partial charge on any atom is 0.161 e. The second-order valence-electron chi connectivity index (χ2n) is 10.5. The van der Waals surface area contributed by atoms with Gasteiger partial charge in [0.1, 0.15) is 0 Å². The summed E-state index contributed by atoms with van der Waals surface area (Å²) in [6.45, 7) is 7.40. The number of Topliss-reactive ketones (excluding diaryl/α,β-unsaturated/α-hetero) is 1. The number of likely N-dealkylation sites (tertiary alicyclic amines) is 1. The van der Waals surface area contributed by atoms with E-state index < -0.39 is 6.10 Å². The highest BCUT2D eigenvalue weighted by Crippen LogP contribution is 2.77. The molecule has 3 aliphatic rings. The molecule has 1 N–H and O–H groups in total. The number of aromatic nitrogens is 1. The first-order valence-corrected chi connectivity index (χ1v) is 13.0. The number of hydrogen-bond acceptors (Lipinski definition) is 4. The van der Waals surface area contributed by atoms with E-state index in [0.717, 1.165) is 35.5 Å². The fraction of sp³-hybridized carbons (Fsp3) is 0.464. The van der Waals surface area contributed by atoms with Crippen LogP contribution in [0.15, 0.2) is 59.6 Å². The van der Waals surface area contributed by atoms with Gasteiger partial charge >= 0.3 is 0 Å². The Morgan fingerprint density at radius 2 is 1.85 bits per heavy atom. The molecule has 0 bridgehead atoms. The number of para-hydroxylation sites is 1. The summed E-state index contributed by atoms with van der Waals surface area (Å²) >= 11 is 2.14. The summed E-state index contributed by atoms with van der Waals surface area (Å²) in [6.07, 6.45) is 5.19. The van der Waals surface area contributed by atoms with Crippen LogP contribution in [0.5, 0.6) is 0 Å². The summed E-state index contributed by atoms with van der Waals surface area (Å²) in [5.74, 6) is 0.819. The number of piperidine rings is 1. The summed E-state index contributed by atoms with van der Waals surface area (Å²) in [7, 11) is 0. The zero-order chi connectivity index (χ0) is 22.8. The predicted octanol–water partition coefficient (Wildman–Crippen LogP) is 5.12. The average molecular weight is 461 g/mol. The highest BCUT2D eigenvalue weighted by Gasteiger charge is 2.72. The van der Waals surface area contributed by atoms with Gasteiger partial charge in [0.15, 0.2) is 5.78 Å². The normalized spacial score (nSPS) is 28.0. The fourth-order valence-corrected chi connectivity index (χ4v) is 8.72. The molecule has 3 atom stereocenters. The zero-order valence-electron chi connectivity index (χ0n) is 19.5. The molecule has 2 aromatic carbocycles. The van der Waals surface area contributed by atoms with Gasteiger partial charge in [-0.1, -0.05) is 43.3 Å². The molecule has 0 radical (unpaired) electrons. The van der Waals surface area contributed by atoms with Crippen molar-refractivity contribution in [3.63, 3.8) is 0 Å². The first kappa shape index (κ1) is 21.5. The lowest BCUT2D eigenvalue weighted by molar-refractivity contribution is 0.0771. The summed E-state index contributed by atoms with van der Waals surface area (Å²) in [5, 5.41) is 11.9. The van der Waals surface area contributed by atoms with Crippen molar-refractivity contribution in [1.82, 2.24) is 9.47 Å². The van der Waals surface area contributed by atoms with Crippen LogP contribution in [0.3, 0.4) is 0 Å². The Labute approximate surface area is 200 Å². The number of nitrogens with zero attached hydrogens (tertiary/aromatic N) is 2. The molecule has 2 aliphatic heterocycles. The highest BCUT2D eigenvalue weighted by atomic mass is 32.2. The van der Waals surface area contributed by atoms with E-state index >= 15 is 0 Å². The van der Waals surface area contributed by atoms with Crippen LogP contribution in [0.4, 0.5) is 0 Å². The summed E-state index contributed by atoms with van der Waals surface area (Å²) < 4.78 is 2.44. The van der Waals surface area contributed by atoms with Crippen LogP contribution in [0.2, 0.25) is 0 Å². The molecule has 1 aliphatic carbocycles. The number of hydrogen-bond donors (Lipinski definition) is 1. The van der Waals surface area contributed by atoms with E-state index in [1.54, 1.807) is 12.5 Å². The van der Waals surface area contributed by atoms with Crippen LogP contribution in [0.25, 0.3) is 10.9 Å². The predicted molar refractivity (Wildman–Crippen MR) is 134 cm³/mol. The van der Waals surface area contributed by atoms with Gasteiger partial charge in [0, 0.05) is 50.8 Å². The number of ketones is 1. The van der Waals surface area contributed by atoms with E-state index in [2.05, 4.69) is 47.9 Å². The number of aliphatic hydroxyl groups excluding tert-OH is 1. The van der Waals surface area contributed by atoms with E-state index in [-0.39, 0.29) is 5.78 Å². The minimum Gasteiger partial charge on any atom is -0.390 e. The third-order valence-corrected chi connectivity index (χ3v) is 10.4. The van der Waals surface area contributed by atoms with Crippen LogP contribution in [-0.2, 0) is 12.0 Å². The second kappa shape index (κ2) is 7.72. The lowest BCUT2D eigenvalue weighted by Gasteiger charge is -2.37. The molecule has 33 heavy (non-hydrogen) atoms. The Bertz CT molecular complexity index is 1230. The molecule has 5 heteroatoms. The Kier molecular flexibility index (Phi) is 5.02. The quantitative estimate of drug-likeness (QED) is 0.519. The van der Waals surface area contributed by atoms with Crippen LogP contribution in [0, 0.1) is 5.92 Å². The number of carbonyl (C=O) groups excluding carboxylic acids is 1. The molecule has 172 valence electrons. The van der Waals surface area contributed by atoms with Crippen molar-refractivity contribution < 1.29 is 9.90 Å². The maximum absolute atomic E-state index is 12.1. The number of carbonyl (C=O) groups is 1. The number of benzene rings is 2. The number of rotatable bonds is 6. The number of β-amino-alcohol motifs (C(OH)–C–C–N with tert-alkyl or cyclic N) is 1. The van der Waals surface area contributed by atoms with Crippen molar-refractivity contribution in [2.24, 2.45) is 5.92 Å². The summed E-state index contributed by atoms with van der Waals surface area (Å²) in [5.41, 5.74) is 3.67. The van der Waals surface area contributed by atoms with Gasteiger partial charge in [-0.3, -0.25) is 4.79 Å². The Morgan fingerprint density at radius 3 is 2.61 bits per heavy atom. The van der Waals surface area contributed by atoms with Gasteiger partial charge in [-0.2, -0.15) is 0 Å². The minimum atomic E-state index is -0.452. The van der Waals surface area contributed by atoms with Crippen molar-refractivity contribution in [2.45, 2.75) is 60.8 Å². The van der Waals surface area contributed by atoms with Gasteiger partial charge in [-0.25, -0.2) is 0 Å². The van der Waals surface area contributed by atoms with E-state index in [1.807, 2.05) is 35.0 Å². The first-order valence-electron chi connectivity index (χ1n) is 12.2. The second-order valence-corrected chi connectivity index (χ2v) is 11.9. The molecule has 3 unspecified atom stereocenters. The molecule has 1 aromatic heterocycles. The zero-order valence-corrected chi connectivity index (χ0v) is 20.3. The van der Waals surface area contributed by atoms with Crippen LogP contribution in [0.1, 0.15) is 49.0 Å². The topological polar surface area (TPSA) is 45.5 Å². The highest BCUT2D eigenvalue weighted by molar-refractivity contribution is 8.01. The van der Waals surface area contributed by atoms with E-state index in [9.17, 15) is 9.90 Å². The summed E-state index contributed by atoms with van der Waals surface area (Å²) in [4.78, 5) is 16.0. The first-order chi connectivity index (χ1) is 15.9. The maximum atomic E-state index is 12.1. The van der Waals surface area contributed by atoms with Gasteiger partial charge in [-0.15, -0.1) is 11.8 Å². The van der Waals surface area contributed by atoms with Crippen molar-refractivity contribution in [3.05, 3.63) is 65.9 Å². The minimum absolute atomic E-state index is 0.0693. The standard InChI is InChI=1S/C28H32N2O2S/c1-19(31)23-17-30(25-9-5-3-7-22(23)25)16-21(32)15-29-13-11-20(12-14-29)28-18-27(28,2)24-8-4-6-10-26(24)33-28/h3-10,17,20-21,32H,11-16,18H2,1-2H3. The van der Waals surface area contributed by atoms with Crippen LogP contribution < -0.4 is 0 Å². The average Bonchev–Trinajstić information content (AvgIpc) is 3.13. The smallest absolute Gasteiger partial charge is 0.161 e. The van der Waals surface area contributed by atoms with E-state index in [4.69, 9.17) is 0 Å². The number of fused-ring (bicyclic) bond motifs is 4. The molecule has 3 heterocycles. The third kappa shape index (κ3) is 3.31. The van der Waals surface area contributed by atoms with Crippen molar-refractivity contribution in [3.8, 4) is 0 Å². The van der Waals surface area contributed by atoms with Gasteiger partial charge in [0.2, 0.25) is 0 Å². The Hall–Kier alpha value is -2.08. The molecule has 4 nitrogen and oxygen atoms in total. The van der Waals surface area contributed by atoms with Gasteiger partial charge in [0.25, 0.3) is 0 Å². The third-order valence-electron chi connectivity index (χ3n) is 8.49. The van der Waals surface area contributed by atoms with Gasteiger partial charge < -0.3 is 14.6 Å². The largest absolute Gasteiger partial charge is 0.390 e. The number of aliphatic hydroxyl groups is 1. The molecular formula is C28H32N2O2S. The van der Waals surface area contributed by atoms with E-state index in [0.29, 0.717) is 23.3 Å². The van der Waals surface area contributed by atoms with Gasteiger partial charge in [-0.05, 0) is 62.9 Å². The van der Waals surface area contributed by atoms with Crippen molar-refractivity contribution >= 4 is 28.4 Å². The SMILES string of the molecule is CC(=O)c1cn(CC(O)CN2CCC(C34CC3(C)c3ccccc3S4)CC2)c2ccccc12. The molecule has 1 saturated heterocycles. The molecule has 1 saturated carbocycles. The number of thioether (sulfide) groups is 1. The van der Waals surface area contributed by atoms with Crippen molar-refractivity contribution in [1.29, 1.82) is 0 Å². The summed E-state index contributed by atoms with van der Waals surface area (Å²) in [6, 6.07) is 17.0. The van der Waals surface area contributed by atoms with E-state index in [1.165, 1.54) is 24.2 Å². The van der Waals surface area contributed by atoms with Crippen LogP contribution >= 0.6 is 11.8 Å². The molecular weight excluding hydrogens is 428 g/mol. The monoisotopic (exact) mass is 460 g/mol.